The summed E-state index contributed by atoms with van der Waals surface area (Å²) < 4.78 is 28.4. The molecule has 0 aromatic heterocycles. The van der Waals surface area contributed by atoms with Gasteiger partial charge < -0.3 is 5.73 Å². The summed E-state index contributed by atoms with van der Waals surface area (Å²) in [7, 11) is -3.52. The molecule has 1 aliphatic carbocycles. The molecular formula is C14H21BrN2O2S. The van der Waals surface area contributed by atoms with Crippen LogP contribution in [-0.4, -0.2) is 14.5 Å². The van der Waals surface area contributed by atoms with Crippen molar-refractivity contribution in [2.75, 3.05) is 0 Å². The number of sulfonamides is 1. The summed E-state index contributed by atoms with van der Waals surface area (Å²) in [5.74, 6) is 0.688. The van der Waals surface area contributed by atoms with Crippen LogP contribution in [0.1, 0.15) is 37.3 Å². The van der Waals surface area contributed by atoms with Crippen LogP contribution in [0, 0.1) is 12.8 Å². The van der Waals surface area contributed by atoms with Crippen molar-refractivity contribution in [1.29, 1.82) is 0 Å². The molecule has 0 amide bonds. The third kappa shape index (κ3) is 3.81. The predicted octanol–water partition coefficient (Wildman–Crippen LogP) is 2.68. The molecule has 0 radical (unpaired) electrons. The number of nitrogens with one attached hydrogen (secondary N) is 1. The molecule has 1 aromatic rings. The van der Waals surface area contributed by atoms with Crippen molar-refractivity contribution in [3.63, 3.8) is 0 Å². The second kappa shape index (κ2) is 6.13. The van der Waals surface area contributed by atoms with Gasteiger partial charge in [0.05, 0.1) is 4.90 Å². The molecule has 3 N–H and O–H groups in total. The molecule has 0 aliphatic heterocycles. The normalized spacial score (nSPS) is 17.2. The number of aryl methyl sites for hydroxylation is 1. The number of hydrogen-bond acceptors (Lipinski definition) is 3. The van der Waals surface area contributed by atoms with E-state index in [1.165, 1.54) is 12.8 Å². The first kappa shape index (κ1) is 15.9. The minimum Gasteiger partial charge on any atom is -0.326 e. The average Bonchev–Trinajstić information content (AvgIpc) is 3.15. The summed E-state index contributed by atoms with van der Waals surface area (Å²) in [6, 6.07) is 3.50. The molecular weight excluding hydrogens is 340 g/mol. The minimum absolute atomic E-state index is 0.0405. The van der Waals surface area contributed by atoms with E-state index in [4.69, 9.17) is 5.73 Å². The van der Waals surface area contributed by atoms with E-state index in [-0.39, 0.29) is 10.9 Å². The van der Waals surface area contributed by atoms with Crippen LogP contribution >= 0.6 is 15.9 Å². The molecule has 0 heterocycles. The van der Waals surface area contributed by atoms with Gasteiger partial charge in [0.25, 0.3) is 0 Å². The molecule has 4 nitrogen and oxygen atoms in total. The van der Waals surface area contributed by atoms with Crippen molar-refractivity contribution in [2.45, 2.75) is 50.6 Å². The Balaban J connectivity index is 2.25. The Labute approximate surface area is 129 Å². The van der Waals surface area contributed by atoms with Crippen LogP contribution in [0.4, 0.5) is 0 Å². The van der Waals surface area contributed by atoms with Crippen molar-refractivity contribution in [2.24, 2.45) is 11.7 Å². The van der Waals surface area contributed by atoms with Gasteiger partial charge in [-0.25, -0.2) is 13.1 Å². The maximum atomic E-state index is 12.5. The maximum Gasteiger partial charge on any atom is 0.241 e. The van der Waals surface area contributed by atoms with Crippen molar-refractivity contribution in [3.8, 4) is 0 Å². The molecule has 1 aliphatic rings. The van der Waals surface area contributed by atoms with Gasteiger partial charge >= 0.3 is 0 Å². The molecule has 1 unspecified atom stereocenters. The van der Waals surface area contributed by atoms with E-state index < -0.39 is 10.0 Å². The zero-order valence-electron chi connectivity index (χ0n) is 11.8. The second-order valence-electron chi connectivity index (χ2n) is 5.63. The van der Waals surface area contributed by atoms with E-state index >= 15 is 0 Å². The van der Waals surface area contributed by atoms with Crippen LogP contribution < -0.4 is 10.5 Å². The van der Waals surface area contributed by atoms with Gasteiger partial charge in [0, 0.05) is 17.1 Å². The Kier molecular flexibility index (Phi) is 4.89. The average molecular weight is 361 g/mol. The Hall–Kier alpha value is -0.430. The molecule has 1 atom stereocenters. The Morgan fingerprint density at radius 2 is 2.10 bits per heavy atom. The molecule has 1 aromatic carbocycles. The van der Waals surface area contributed by atoms with Gasteiger partial charge in [-0.05, 0) is 59.3 Å². The molecule has 0 bridgehead atoms. The van der Waals surface area contributed by atoms with Crippen LogP contribution in [0.15, 0.2) is 21.5 Å². The first-order valence-corrected chi connectivity index (χ1v) is 9.12. The van der Waals surface area contributed by atoms with Crippen molar-refractivity contribution in [1.82, 2.24) is 4.72 Å². The van der Waals surface area contributed by atoms with Crippen molar-refractivity contribution >= 4 is 26.0 Å². The van der Waals surface area contributed by atoms with Crippen LogP contribution in [0.25, 0.3) is 0 Å². The van der Waals surface area contributed by atoms with Crippen LogP contribution in [-0.2, 0) is 16.6 Å². The first-order chi connectivity index (χ1) is 9.33. The monoisotopic (exact) mass is 360 g/mol. The van der Waals surface area contributed by atoms with E-state index in [1.807, 2.05) is 19.9 Å². The van der Waals surface area contributed by atoms with E-state index in [0.29, 0.717) is 16.9 Å². The Morgan fingerprint density at radius 3 is 2.65 bits per heavy atom. The van der Waals surface area contributed by atoms with E-state index in [2.05, 4.69) is 20.7 Å². The van der Waals surface area contributed by atoms with E-state index in [1.54, 1.807) is 6.07 Å². The molecule has 112 valence electrons. The summed E-state index contributed by atoms with van der Waals surface area (Å²) in [6.45, 7) is 4.12. The fourth-order valence-electron chi connectivity index (χ4n) is 2.35. The highest BCUT2D eigenvalue weighted by atomic mass is 79.9. The summed E-state index contributed by atoms with van der Waals surface area (Å²) in [5.41, 5.74) is 7.32. The highest BCUT2D eigenvalue weighted by Crippen LogP contribution is 2.34. The minimum atomic E-state index is -3.52. The van der Waals surface area contributed by atoms with Gasteiger partial charge in [-0.15, -0.1) is 0 Å². The fourth-order valence-corrected chi connectivity index (χ4v) is 4.68. The molecule has 1 fully saturated rings. The van der Waals surface area contributed by atoms with Crippen LogP contribution in [0.2, 0.25) is 0 Å². The summed E-state index contributed by atoms with van der Waals surface area (Å²) in [5, 5.41) is 0. The van der Waals surface area contributed by atoms with E-state index in [0.717, 1.165) is 17.5 Å². The second-order valence-corrected chi connectivity index (χ2v) is 8.11. The molecule has 2 rings (SSSR count). The lowest BCUT2D eigenvalue weighted by atomic mass is 10.1. The fraction of sp³-hybridized carbons (Fsp3) is 0.571. The number of rotatable bonds is 6. The Bertz CT molecular complexity index is 597. The highest BCUT2D eigenvalue weighted by Gasteiger charge is 2.27. The topological polar surface area (TPSA) is 72.2 Å². The SMILES string of the molecule is Cc1cc(CN)cc(S(=O)(=O)NC(C)CC2CC2)c1Br. The first-order valence-electron chi connectivity index (χ1n) is 6.85. The molecule has 20 heavy (non-hydrogen) atoms. The van der Waals surface area contributed by atoms with Gasteiger partial charge in [-0.1, -0.05) is 18.9 Å². The van der Waals surface area contributed by atoms with Gasteiger partial charge in [-0.2, -0.15) is 0 Å². The lowest BCUT2D eigenvalue weighted by Gasteiger charge is -2.16. The maximum absolute atomic E-state index is 12.5. The van der Waals surface area contributed by atoms with Crippen LogP contribution in [0.5, 0.6) is 0 Å². The van der Waals surface area contributed by atoms with Crippen LogP contribution in [0.3, 0.4) is 0 Å². The number of nitrogens with two attached hydrogens (primary N) is 1. The van der Waals surface area contributed by atoms with Crippen molar-refractivity contribution < 1.29 is 8.42 Å². The third-order valence-corrected chi connectivity index (χ3v) is 6.48. The third-order valence-electron chi connectivity index (χ3n) is 3.55. The summed E-state index contributed by atoms with van der Waals surface area (Å²) in [6.07, 6.45) is 3.35. The largest absolute Gasteiger partial charge is 0.326 e. The Morgan fingerprint density at radius 1 is 1.45 bits per heavy atom. The zero-order chi connectivity index (χ0) is 14.9. The smallest absolute Gasteiger partial charge is 0.241 e. The lowest BCUT2D eigenvalue weighted by Crippen LogP contribution is -2.33. The van der Waals surface area contributed by atoms with E-state index in [9.17, 15) is 8.42 Å². The number of benzene rings is 1. The van der Waals surface area contributed by atoms with Gasteiger partial charge in [-0.3, -0.25) is 0 Å². The summed E-state index contributed by atoms with van der Waals surface area (Å²) in [4.78, 5) is 0.278. The zero-order valence-corrected chi connectivity index (χ0v) is 14.2. The predicted molar refractivity (Wildman–Crippen MR) is 83.9 cm³/mol. The highest BCUT2D eigenvalue weighted by molar-refractivity contribution is 9.10. The molecule has 6 heteroatoms. The number of halogens is 1. The standard InChI is InChI=1S/C14H21BrN2O2S/c1-9-5-12(8-16)7-13(14(9)15)20(18,19)17-10(2)6-11-3-4-11/h5,7,10-11,17H,3-4,6,8,16H2,1-2H3. The molecule has 0 spiro atoms. The van der Waals surface area contributed by atoms with Gasteiger partial charge in [0.2, 0.25) is 10.0 Å². The summed E-state index contributed by atoms with van der Waals surface area (Å²) >= 11 is 3.37. The van der Waals surface area contributed by atoms with Gasteiger partial charge in [0.1, 0.15) is 0 Å². The molecule has 1 saturated carbocycles. The van der Waals surface area contributed by atoms with Gasteiger partial charge in [0.15, 0.2) is 0 Å². The quantitative estimate of drug-likeness (QED) is 0.818. The van der Waals surface area contributed by atoms with Crippen molar-refractivity contribution in [3.05, 3.63) is 27.7 Å². The molecule has 0 saturated heterocycles. The lowest BCUT2D eigenvalue weighted by molar-refractivity contribution is 0.529. The number of hydrogen-bond donors (Lipinski definition) is 2.